The Morgan fingerprint density at radius 2 is 2.17 bits per heavy atom. The average Bonchev–Trinajstić information content (AvgIpc) is 2.84. The Balaban J connectivity index is 2.16. The highest BCUT2D eigenvalue weighted by atomic mass is 16.5. The molecule has 0 spiro atoms. The molecule has 0 saturated carbocycles. The van der Waals surface area contributed by atoms with Gasteiger partial charge in [0.2, 0.25) is 0 Å². The van der Waals surface area contributed by atoms with Crippen LogP contribution >= 0.6 is 0 Å². The van der Waals surface area contributed by atoms with Gasteiger partial charge in [-0.2, -0.15) is 15.4 Å². The van der Waals surface area contributed by atoms with E-state index in [1.807, 2.05) is 26.0 Å². The van der Waals surface area contributed by atoms with Crippen molar-refractivity contribution in [2.24, 2.45) is 0 Å². The molecule has 0 aliphatic heterocycles. The van der Waals surface area contributed by atoms with E-state index in [0.29, 0.717) is 11.4 Å². The molecule has 0 radical (unpaired) electrons. The van der Waals surface area contributed by atoms with E-state index >= 15 is 0 Å². The summed E-state index contributed by atoms with van der Waals surface area (Å²) in [5.74, 6) is 0.299. The first-order valence-corrected chi connectivity index (χ1v) is 5.59. The number of nitrogens with zero attached hydrogens (tertiary/aromatic N) is 2. The van der Waals surface area contributed by atoms with Crippen LogP contribution in [0.25, 0.3) is 0 Å². The van der Waals surface area contributed by atoms with Crippen LogP contribution in [-0.4, -0.2) is 27.4 Å². The first kappa shape index (κ1) is 12.1. The van der Waals surface area contributed by atoms with E-state index in [1.54, 1.807) is 12.1 Å². The maximum absolute atomic E-state index is 11.8. The third-order valence-corrected chi connectivity index (χ3v) is 2.15. The smallest absolute Gasteiger partial charge is 0.277 e. The molecule has 0 atom stereocenters. The summed E-state index contributed by atoms with van der Waals surface area (Å²) in [6.07, 6.45) is 1.40. The van der Waals surface area contributed by atoms with Crippen LogP contribution in [0.4, 0.5) is 5.69 Å². The van der Waals surface area contributed by atoms with Crippen molar-refractivity contribution in [3.05, 3.63) is 36.2 Å². The molecule has 0 aliphatic carbocycles. The van der Waals surface area contributed by atoms with Crippen molar-refractivity contribution in [3.8, 4) is 5.75 Å². The molecule has 1 aromatic heterocycles. The second-order valence-electron chi connectivity index (χ2n) is 3.97. The van der Waals surface area contributed by atoms with Crippen molar-refractivity contribution in [1.29, 1.82) is 0 Å². The number of carbonyl (C=O) groups excluding carboxylic acids is 1. The third kappa shape index (κ3) is 2.85. The number of anilines is 1. The van der Waals surface area contributed by atoms with Gasteiger partial charge in [0.1, 0.15) is 5.75 Å². The van der Waals surface area contributed by atoms with Gasteiger partial charge in [0, 0.05) is 0 Å². The van der Waals surface area contributed by atoms with E-state index in [-0.39, 0.29) is 17.7 Å². The number of para-hydroxylation sites is 2. The Bertz CT molecular complexity index is 523. The van der Waals surface area contributed by atoms with E-state index < -0.39 is 0 Å². The fourth-order valence-corrected chi connectivity index (χ4v) is 1.42. The molecule has 0 unspecified atom stereocenters. The number of hydrogen-bond acceptors (Lipinski definition) is 4. The zero-order valence-corrected chi connectivity index (χ0v) is 10.2. The van der Waals surface area contributed by atoms with E-state index in [0.717, 1.165) is 0 Å². The first-order chi connectivity index (χ1) is 8.66. The average molecular weight is 246 g/mol. The summed E-state index contributed by atoms with van der Waals surface area (Å²) < 4.78 is 5.60. The number of nitrogens with one attached hydrogen (secondary N) is 2. The number of H-pyrrole nitrogens is 1. The molecule has 1 heterocycles. The van der Waals surface area contributed by atoms with Gasteiger partial charge >= 0.3 is 0 Å². The second-order valence-corrected chi connectivity index (χ2v) is 3.97. The van der Waals surface area contributed by atoms with Gasteiger partial charge in [-0.1, -0.05) is 12.1 Å². The Labute approximate surface area is 104 Å². The lowest BCUT2D eigenvalue weighted by molar-refractivity contribution is 0.102. The van der Waals surface area contributed by atoms with Gasteiger partial charge in [0.05, 0.1) is 18.0 Å². The third-order valence-electron chi connectivity index (χ3n) is 2.15. The van der Waals surface area contributed by atoms with Crippen molar-refractivity contribution in [2.45, 2.75) is 20.0 Å². The molecule has 1 amide bonds. The maximum atomic E-state index is 11.8. The van der Waals surface area contributed by atoms with Crippen LogP contribution in [0.3, 0.4) is 0 Å². The van der Waals surface area contributed by atoms with Crippen LogP contribution in [0.5, 0.6) is 5.75 Å². The summed E-state index contributed by atoms with van der Waals surface area (Å²) in [5.41, 5.74) is 0.841. The summed E-state index contributed by atoms with van der Waals surface area (Å²) in [7, 11) is 0. The summed E-state index contributed by atoms with van der Waals surface area (Å²) in [5, 5.41) is 12.4. The molecule has 2 rings (SSSR count). The number of carbonyl (C=O) groups is 1. The number of rotatable bonds is 4. The molecule has 0 bridgehead atoms. The van der Waals surface area contributed by atoms with Gasteiger partial charge in [-0.25, -0.2) is 0 Å². The summed E-state index contributed by atoms with van der Waals surface area (Å²) in [6, 6.07) is 7.25. The Morgan fingerprint density at radius 1 is 1.39 bits per heavy atom. The van der Waals surface area contributed by atoms with Gasteiger partial charge < -0.3 is 10.1 Å². The van der Waals surface area contributed by atoms with E-state index in [9.17, 15) is 4.79 Å². The van der Waals surface area contributed by atoms with Crippen molar-refractivity contribution in [2.75, 3.05) is 5.32 Å². The predicted molar refractivity (Wildman–Crippen MR) is 66.5 cm³/mol. The monoisotopic (exact) mass is 246 g/mol. The molecule has 6 heteroatoms. The van der Waals surface area contributed by atoms with E-state index in [2.05, 4.69) is 20.7 Å². The maximum Gasteiger partial charge on any atom is 0.277 e. The minimum absolute atomic E-state index is 0.0371. The molecule has 0 fully saturated rings. The number of benzene rings is 1. The van der Waals surface area contributed by atoms with Crippen LogP contribution in [0.1, 0.15) is 24.3 Å². The first-order valence-electron chi connectivity index (χ1n) is 5.59. The summed E-state index contributed by atoms with van der Waals surface area (Å²) in [6.45, 7) is 3.85. The normalized spacial score (nSPS) is 10.4. The van der Waals surface area contributed by atoms with Crippen LogP contribution < -0.4 is 10.1 Å². The number of aromatic nitrogens is 3. The Morgan fingerprint density at radius 3 is 2.83 bits per heavy atom. The molecule has 0 aliphatic rings. The van der Waals surface area contributed by atoms with Gasteiger partial charge in [0.15, 0.2) is 5.69 Å². The summed E-state index contributed by atoms with van der Waals surface area (Å²) >= 11 is 0. The highest BCUT2D eigenvalue weighted by Gasteiger charge is 2.12. The van der Waals surface area contributed by atoms with Crippen LogP contribution in [0.15, 0.2) is 30.5 Å². The molecule has 1 aromatic carbocycles. The lowest BCUT2D eigenvalue weighted by atomic mass is 10.2. The topological polar surface area (TPSA) is 79.9 Å². The largest absolute Gasteiger partial charge is 0.489 e. The van der Waals surface area contributed by atoms with Gasteiger partial charge in [-0.3, -0.25) is 4.79 Å². The zero-order chi connectivity index (χ0) is 13.0. The molecular weight excluding hydrogens is 232 g/mol. The number of ether oxygens (including phenoxy) is 1. The number of hydrogen-bond donors (Lipinski definition) is 2. The fraction of sp³-hybridized carbons (Fsp3) is 0.250. The van der Waals surface area contributed by atoms with E-state index in [1.165, 1.54) is 6.20 Å². The molecule has 6 nitrogen and oxygen atoms in total. The highest BCUT2D eigenvalue weighted by Crippen LogP contribution is 2.25. The van der Waals surface area contributed by atoms with Crippen molar-refractivity contribution in [1.82, 2.24) is 15.4 Å². The SMILES string of the molecule is CC(C)Oc1ccccc1NC(=O)c1cn[nH]n1. The standard InChI is InChI=1S/C12H14N4O2/c1-8(2)18-11-6-4-3-5-9(11)14-12(17)10-7-13-16-15-10/h3-8H,1-2H3,(H,14,17)(H,13,15,16). The number of amides is 1. The molecular formula is C12H14N4O2. The molecule has 94 valence electrons. The minimum atomic E-state index is -0.330. The molecule has 18 heavy (non-hydrogen) atoms. The minimum Gasteiger partial charge on any atom is -0.489 e. The Kier molecular flexibility index (Phi) is 3.57. The van der Waals surface area contributed by atoms with Crippen LogP contribution in [-0.2, 0) is 0 Å². The molecule has 0 saturated heterocycles. The second kappa shape index (κ2) is 5.31. The lowest BCUT2D eigenvalue weighted by Gasteiger charge is -2.14. The quantitative estimate of drug-likeness (QED) is 0.862. The Hall–Kier alpha value is -2.37. The van der Waals surface area contributed by atoms with Crippen LogP contribution in [0.2, 0.25) is 0 Å². The lowest BCUT2D eigenvalue weighted by Crippen LogP contribution is -2.14. The van der Waals surface area contributed by atoms with Gasteiger partial charge in [-0.05, 0) is 26.0 Å². The van der Waals surface area contributed by atoms with Crippen molar-refractivity contribution >= 4 is 11.6 Å². The predicted octanol–water partition coefficient (Wildman–Crippen LogP) is 1.84. The van der Waals surface area contributed by atoms with E-state index in [4.69, 9.17) is 4.74 Å². The fourth-order valence-electron chi connectivity index (χ4n) is 1.42. The zero-order valence-electron chi connectivity index (χ0n) is 10.2. The summed E-state index contributed by atoms with van der Waals surface area (Å²) in [4.78, 5) is 11.8. The molecule has 2 aromatic rings. The van der Waals surface area contributed by atoms with Gasteiger partial charge in [0.25, 0.3) is 5.91 Å². The van der Waals surface area contributed by atoms with Crippen molar-refractivity contribution < 1.29 is 9.53 Å². The highest BCUT2D eigenvalue weighted by molar-refractivity contribution is 6.03. The number of aromatic amines is 1. The van der Waals surface area contributed by atoms with Crippen molar-refractivity contribution in [3.63, 3.8) is 0 Å². The van der Waals surface area contributed by atoms with Crippen LogP contribution in [0, 0.1) is 0 Å². The molecule has 2 N–H and O–H groups in total. The van der Waals surface area contributed by atoms with Gasteiger partial charge in [-0.15, -0.1) is 0 Å².